The second-order valence-corrected chi connectivity index (χ2v) is 5.51. The zero-order valence-electron chi connectivity index (χ0n) is 13.5. The highest BCUT2D eigenvalue weighted by Crippen LogP contribution is 2.14. The molecule has 0 radical (unpaired) electrons. The molecule has 1 aromatic carbocycles. The third kappa shape index (κ3) is 4.39. The van der Waals surface area contributed by atoms with Crippen LogP contribution < -0.4 is 0 Å². The second-order valence-electron chi connectivity index (χ2n) is 5.51. The Hall–Kier alpha value is -1.72. The summed E-state index contributed by atoms with van der Waals surface area (Å²) in [6.45, 7) is 7.18. The lowest BCUT2D eigenvalue weighted by molar-refractivity contribution is 0.0878. The summed E-state index contributed by atoms with van der Waals surface area (Å²) in [5, 5.41) is 0. The van der Waals surface area contributed by atoms with Gasteiger partial charge in [0.2, 0.25) is 0 Å². The van der Waals surface area contributed by atoms with Crippen LogP contribution in [0.3, 0.4) is 0 Å². The number of methoxy groups -OCH3 is 1. The van der Waals surface area contributed by atoms with Crippen LogP contribution in [0.25, 0.3) is 0 Å². The predicted octanol–water partition coefficient (Wildman–Crippen LogP) is 3.08. The molecule has 0 amide bonds. The van der Waals surface area contributed by atoms with E-state index < -0.39 is 0 Å². The van der Waals surface area contributed by atoms with E-state index in [-0.39, 0.29) is 11.9 Å². The highest BCUT2D eigenvalue weighted by Gasteiger charge is 2.17. The molecule has 1 aromatic heterocycles. The van der Waals surface area contributed by atoms with Gasteiger partial charge in [-0.05, 0) is 31.5 Å². The number of rotatable bonds is 8. The molecule has 2 aromatic rings. The minimum absolute atomic E-state index is 0.199. The molecule has 1 atom stereocenters. The Labute approximate surface area is 131 Å². The number of hydrogen-bond acceptors (Lipinski definition) is 3. The molecule has 0 saturated carbocycles. The summed E-state index contributed by atoms with van der Waals surface area (Å²) in [6.07, 6.45) is 3.73. The van der Waals surface area contributed by atoms with Crippen LogP contribution in [0.4, 0.5) is 4.39 Å². The van der Waals surface area contributed by atoms with E-state index in [1.165, 1.54) is 6.07 Å². The molecule has 0 bridgehead atoms. The van der Waals surface area contributed by atoms with Gasteiger partial charge in [-0.3, -0.25) is 4.90 Å². The Morgan fingerprint density at radius 1 is 1.36 bits per heavy atom. The third-order valence-corrected chi connectivity index (χ3v) is 3.81. The van der Waals surface area contributed by atoms with E-state index >= 15 is 0 Å². The molecule has 0 saturated heterocycles. The Morgan fingerprint density at radius 2 is 2.18 bits per heavy atom. The maximum atomic E-state index is 13.4. The fraction of sp³-hybridized carbons (Fsp3) is 0.471. The number of aryl methyl sites for hydroxylation is 1. The average molecular weight is 305 g/mol. The average Bonchev–Trinajstić information content (AvgIpc) is 2.94. The molecule has 120 valence electrons. The lowest BCUT2D eigenvalue weighted by atomic mass is 10.1. The molecule has 0 spiro atoms. The largest absolute Gasteiger partial charge is 0.383 e. The van der Waals surface area contributed by atoms with Crippen molar-refractivity contribution in [1.29, 1.82) is 0 Å². The molecular formula is C17H24FN3O. The summed E-state index contributed by atoms with van der Waals surface area (Å²) in [6, 6.07) is 6.99. The first kappa shape index (κ1) is 16.6. The number of nitrogens with zero attached hydrogens (tertiary/aromatic N) is 3. The molecule has 1 heterocycles. The quantitative estimate of drug-likeness (QED) is 0.751. The zero-order chi connectivity index (χ0) is 15.9. The fourth-order valence-electron chi connectivity index (χ4n) is 2.56. The molecule has 4 nitrogen and oxygen atoms in total. The van der Waals surface area contributed by atoms with Crippen molar-refractivity contribution in [3.63, 3.8) is 0 Å². The predicted molar refractivity (Wildman–Crippen MR) is 84.9 cm³/mol. The Morgan fingerprint density at radius 3 is 2.86 bits per heavy atom. The minimum atomic E-state index is -0.199. The van der Waals surface area contributed by atoms with Crippen molar-refractivity contribution in [2.75, 3.05) is 13.7 Å². The number of aromatic nitrogens is 2. The summed E-state index contributed by atoms with van der Waals surface area (Å²) < 4.78 is 20.8. The van der Waals surface area contributed by atoms with E-state index in [1.54, 1.807) is 19.2 Å². The number of imidazole rings is 1. The summed E-state index contributed by atoms with van der Waals surface area (Å²) in [5.41, 5.74) is 2.12. The Balaban J connectivity index is 2.15. The van der Waals surface area contributed by atoms with Gasteiger partial charge in [-0.15, -0.1) is 0 Å². The lowest BCUT2D eigenvalue weighted by Crippen LogP contribution is -2.35. The lowest BCUT2D eigenvalue weighted by Gasteiger charge is -2.29. The van der Waals surface area contributed by atoms with Gasteiger partial charge < -0.3 is 9.30 Å². The molecular weight excluding hydrogens is 281 g/mol. The van der Waals surface area contributed by atoms with Crippen molar-refractivity contribution < 1.29 is 9.13 Å². The van der Waals surface area contributed by atoms with Crippen LogP contribution in [0, 0.1) is 5.82 Å². The van der Waals surface area contributed by atoms with Gasteiger partial charge in [0, 0.05) is 39.0 Å². The van der Waals surface area contributed by atoms with Gasteiger partial charge in [-0.1, -0.05) is 12.1 Å². The maximum absolute atomic E-state index is 13.4. The first-order chi connectivity index (χ1) is 10.6. The third-order valence-electron chi connectivity index (χ3n) is 3.81. The van der Waals surface area contributed by atoms with Crippen molar-refractivity contribution in [3.05, 3.63) is 53.9 Å². The molecule has 5 heteroatoms. The van der Waals surface area contributed by atoms with Crippen LogP contribution in [-0.4, -0.2) is 34.2 Å². The highest BCUT2D eigenvalue weighted by atomic mass is 19.1. The van der Waals surface area contributed by atoms with Gasteiger partial charge in [-0.25, -0.2) is 9.37 Å². The normalized spacial score (nSPS) is 12.8. The van der Waals surface area contributed by atoms with E-state index in [0.717, 1.165) is 24.3 Å². The van der Waals surface area contributed by atoms with Gasteiger partial charge in [0.1, 0.15) is 5.82 Å². The molecule has 0 N–H and O–H groups in total. The number of benzene rings is 1. The molecule has 0 aliphatic carbocycles. The van der Waals surface area contributed by atoms with E-state index in [1.807, 2.05) is 18.6 Å². The monoisotopic (exact) mass is 305 g/mol. The summed E-state index contributed by atoms with van der Waals surface area (Å²) in [5.74, 6) is -0.199. The van der Waals surface area contributed by atoms with Crippen LogP contribution in [0.5, 0.6) is 0 Å². The fourth-order valence-corrected chi connectivity index (χ4v) is 2.56. The van der Waals surface area contributed by atoms with Crippen LogP contribution in [0.2, 0.25) is 0 Å². The van der Waals surface area contributed by atoms with Crippen LogP contribution >= 0.6 is 0 Å². The van der Waals surface area contributed by atoms with Crippen molar-refractivity contribution >= 4 is 0 Å². The van der Waals surface area contributed by atoms with Crippen molar-refractivity contribution in [2.45, 2.75) is 39.5 Å². The number of hydrogen-bond donors (Lipinski definition) is 0. The minimum Gasteiger partial charge on any atom is -0.383 e. The van der Waals surface area contributed by atoms with Gasteiger partial charge >= 0.3 is 0 Å². The highest BCUT2D eigenvalue weighted by molar-refractivity contribution is 5.16. The van der Waals surface area contributed by atoms with E-state index in [0.29, 0.717) is 13.2 Å². The van der Waals surface area contributed by atoms with Gasteiger partial charge in [-0.2, -0.15) is 0 Å². The van der Waals surface area contributed by atoms with Gasteiger partial charge in [0.25, 0.3) is 0 Å². The first-order valence-electron chi connectivity index (χ1n) is 7.60. The summed E-state index contributed by atoms with van der Waals surface area (Å²) in [4.78, 5) is 6.50. The van der Waals surface area contributed by atoms with Crippen LogP contribution in [0.15, 0.2) is 36.8 Å². The molecule has 1 unspecified atom stereocenters. The van der Waals surface area contributed by atoms with E-state index in [9.17, 15) is 4.39 Å². The van der Waals surface area contributed by atoms with Crippen LogP contribution in [0.1, 0.15) is 25.1 Å². The Kier molecular flexibility index (Phi) is 6.10. The smallest absolute Gasteiger partial charge is 0.123 e. The van der Waals surface area contributed by atoms with E-state index in [2.05, 4.69) is 28.3 Å². The molecule has 0 aliphatic heterocycles. The van der Waals surface area contributed by atoms with Crippen molar-refractivity contribution in [2.24, 2.45) is 0 Å². The standard InChI is InChI=1S/C17H24FN3O/c1-4-20-13-19-9-17(20)11-21(14(2)12-22-3)10-15-6-5-7-16(18)8-15/h5-9,13-14H,4,10-12H2,1-3H3. The summed E-state index contributed by atoms with van der Waals surface area (Å²) in [7, 11) is 1.70. The summed E-state index contributed by atoms with van der Waals surface area (Å²) >= 11 is 0. The van der Waals surface area contributed by atoms with Crippen LogP contribution in [-0.2, 0) is 24.4 Å². The zero-order valence-corrected chi connectivity index (χ0v) is 13.5. The second kappa shape index (κ2) is 8.06. The molecule has 0 fully saturated rings. The number of halogens is 1. The molecule has 0 aliphatic rings. The topological polar surface area (TPSA) is 30.3 Å². The molecule has 2 rings (SSSR count). The van der Waals surface area contributed by atoms with Crippen molar-refractivity contribution in [1.82, 2.24) is 14.5 Å². The molecule has 22 heavy (non-hydrogen) atoms. The van der Waals surface area contributed by atoms with E-state index in [4.69, 9.17) is 4.74 Å². The SMILES string of the molecule is CCn1cncc1CN(Cc1cccc(F)c1)C(C)COC. The van der Waals surface area contributed by atoms with Crippen molar-refractivity contribution in [3.8, 4) is 0 Å². The first-order valence-corrected chi connectivity index (χ1v) is 7.60. The Bertz CT molecular complexity index is 585. The number of ether oxygens (including phenoxy) is 1. The van der Waals surface area contributed by atoms with Gasteiger partial charge in [0.05, 0.1) is 18.6 Å². The maximum Gasteiger partial charge on any atom is 0.123 e. The van der Waals surface area contributed by atoms with Gasteiger partial charge in [0.15, 0.2) is 0 Å².